The molecular formula is C27H29F7N2O4S. The first kappa shape index (κ1) is 32.7. The number of nitrogens with zero attached hydrogens (tertiary/aromatic N) is 2. The summed E-state index contributed by atoms with van der Waals surface area (Å²) in [6, 6.07) is 5.02. The highest BCUT2D eigenvalue weighted by molar-refractivity contribution is 7.91. The molecule has 1 fully saturated rings. The third-order valence-electron chi connectivity index (χ3n) is 6.59. The fourth-order valence-electron chi connectivity index (χ4n) is 4.59. The summed E-state index contributed by atoms with van der Waals surface area (Å²) in [6.45, 7) is 7.38. The molecule has 0 radical (unpaired) electrons. The average Bonchev–Trinajstić information content (AvgIpc) is 3.22. The monoisotopic (exact) mass is 610 g/mol. The molecule has 3 rings (SSSR count). The van der Waals surface area contributed by atoms with Crippen molar-refractivity contribution in [1.29, 1.82) is 0 Å². The molecule has 41 heavy (non-hydrogen) atoms. The van der Waals surface area contributed by atoms with Gasteiger partial charge in [0.15, 0.2) is 0 Å². The molecule has 0 saturated carbocycles. The van der Waals surface area contributed by atoms with E-state index < -0.39 is 81.2 Å². The third-order valence-corrected chi connectivity index (χ3v) is 8.09. The van der Waals surface area contributed by atoms with Crippen LogP contribution >= 0.6 is 0 Å². The Morgan fingerprint density at radius 3 is 2.00 bits per heavy atom. The van der Waals surface area contributed by atoms with E-state index in [2.05, 4.69) is 4.40 Å². The van der Waals surface area contributed by atoms with Gasteiger partial charge in [0.05, 0.1) is 41.6 Å². The molecule has 0 aliphatic carbocycles. The van der Waals surface area contributed by atoms with Crippen molar-refractivity contribution in [3.05, 3.63) is 70.5 Å². The van der Waals surface area contributed by atoms with Gasteiger partial charge in [-0.3, -0.25) is 4.90 Å². The summed E-state index contributed by atoms with van der Waals surface area (Å²) in [5.74, 6) is -1.50. The number of carboxylic acid groups (broad SMARTS) is 1. The van der Waals surface area contributed by atoms with Crippen LogP contribution in [-0.2, 0) is 28.5 Å². The zero-order valence-corrected chi connectivity index (χ0v) is 23.5. The van der Waals surface area contributed by atoms with Crippen LogP contribution in [0.4, 0.5) is 35.5 Å². The maximum absolute atomic E-state index is 13.8. The summed E-state index contributed by atoms with van der Waals surface area (Å²) < 4.78 is 117. The van der Waals surface area contributed by atoms with Crippen molar-refractivity contribution < 1.29 is 49.9 Å². The lowest BCUT2D eigenvalue weighted by Crippen LogP contribution is -2.42. The fraction of sp³-hybridized carbons (Fsp3) is 0.481. The van der Waals surface area contributed by atoms with Crippen molar-refractivity contribution in [2.45, 2.75) is 75.9 Å². The van der Waals surface area contributed by atoms with Crippen LogP contribution in [0.25, 0.3) is 0 Å². The molecule has 1 saturated heterocycles. The van der Waals surface area contributed by atoms with Crippen molar-refractivity contribution in [2.75, 3.05) is 6.54 Å². The number of ether oxygens (including phenoxy) is 1. The lowest BCUT2D eigenvalue weighted by Gasteiger charge is -2.29. The topological polar surface area (TPSA) is 85.2 Å². The van der Waals surface area contributed by atoms with Crippen molar-refractivity contribution >= 4 is 23.2 Å². The molecule has 0 aromatic heterocycles. The van der Waals surface area contributed by atoms with Crippen LogP contribution in [-0.4, -0.2) is 49.8 Å². The molecule has 0 bridgehead atoms. The molecule has 226 valence electrons. The molecule has 6 nitrogen and oxygen atoms in total. The summed E-state index contributed by atoms with van der Waals surface area (Å²) in [5.41, 5.74) is -2.93. The number of benzene rings is 2. The Bertz CT molecular complexity index is 1240. The molecule has 1 heterocycles. The zero-order valence-electron chi connectivity index (χ0n) is 22.7. The number of hydrogen-bond acceptors (Lipinski definition) is 4. The average molecular weight is 611 g/mol. The number of likely N-dealkylation sites (tertiary alicyclic amines) is 1. The SMILES string of the molecule is CC(=N[S+]([O-])C(C)(C)C)[C@H]1[C@H](c2ccc(F)cc2)[C@@H](O[C@H](C)c2cc(C(F)(F)F)cc(C(F)(F)F)c2)CN1C(=O)O. The minimum Gasteiger partial charge on any atom is -0.591 e. The van der Waals surface area contributed by atoms with Gasteiger partial charge in [0.2, 0.25) is 0 Å². The highest BCUT2D eigenvalue weighted by Gasteiger charge is 2.49. The van der Waals surface area contributed by atoms with Crippen LogP contribution in [0.2, 0.25) is 0 Å². The number of hydrogen-bond donors (Lipinski definition) is 1. The Morgan fingerprint density at radius 2 is 1.56 bits per heavy atom. The minimum absolute atomic E-state index is 0.00443. The van der Waals surface area contributed by atoms with Crippen LogP contribution in [0.3, 0.4) is 0 Å². The van der Waals surface area contributed by atoms with Gasteiger partial charge < -0.3 is 14.4 Å². The fourth-order valence-corrected chi connectivity index (χ4v) is 5.23. The van der Waals surface area contributed by atoms with Gasteiger partial charge in [-0.25, -0.2) is 9.18 Å². The van der Waals surface area contributed by atoms with Gasteiger partial charge >= 0.3 is 18.4 Å². The third kappa shape index (κ3) is 7.72. The van der Waals surface area contributed by atoms with Crippen LogP contribution in [0.1, 0.15) is 68.9 Å². The van der Waals surface area contributed by atoms with E-state index in [0.717, 1.165) is 17.0 Å². The second-order valence-corrected chi connectivity index (χ2v) is 12.6. The quantitative estimate of drug-likeness (QED) is 0.210. The first-order valence-corrected chi connectivity index (χ1v) is 13.5. The normalized spacial score (nSPS) is 22.1. The van der Waals surface area contributed by atoms with Gasteiger partial charge in [-0.1, -0.05) is 16.5 Å². The van der Waals surface area contributed by atoms with Crippen LogP contribution in [0, 0.1) is 5.82 Å². The summed E-state index contributed by atoms with van der Waals surface area (Å²) in [6.07, 6.45) is -14.0. The Hall–Kier alpha value is -2.84. The molecule has 2 aromatic rings. The maximum Gasteiger partial charge on any atom is 0.416 e. The van der Waals surface area contributed by atoms with Gasteiger partial charge in [0.25, 0.3) is 0 Å². The molecule has 5 atom stereocenters. The summed E-state index contributed by atoms with van der Waals surface area (Å²) in [5, 5.41) is 9.99. The van der Waals surface area contributed by atoms with E-state index in [0.29, 0.717) is 17.7 Å². The molecular weight excluding hydrogens is 581 g/mol. The Morgan fingerprint density at radius 1 is 1.05 bits per heavy atom. The summed E-state index contributed by atoms with van der Waals surface area (Å²) in [7, 11) is 0. The van der Waals surface area contributed by atoms with Gasteiger partial charge in [-0.05, 0) is 76.1 Å². The maximum atomic E-state index is 13.8. The second kappa shape index (κ2) is 11.8. The lowest BCUT2D eigenvalue weighted by atomic mass is 9.87. The Labute approximate surface area is 235 Å². The zero-order chi connectivity index (χ0) is 31.1. The molecule has 0 spiro atoms. The van der Waals surface area contributed by atoms with Gasteiger partial charge in [-0.15, -0.1) is 0 Å². The molecule has 1 aliphatic heterocycles. The first-order valence-electron chi connectivity index (χ1n) is 12.4. The highest BCUT2D eigenvalue weighted by Crippen LogP contribution is 2.42. The number of halogens is 7. The molecule has 2 aromatic carbocycles. The van der Waals surface area contributed by atoms with Crippen LogP contribution in [0.5, 0.6) is 0 Å². The predicted octanol–water partition coefficient (Wildman–Crippen LogP) is 7.38. The molecule has 1 aliphatic rings. The van der Waals surface area contributed by atoms with Gasteiger partial charge in [-0.2, -0.15) is 26.3 Å². The van der Waals surface area contributed by atoms with E-state index in [1.54, 1.807) is 20.8 Å². The van der Waals surface area contributed by atoms with E-state index in [-0.39, 0.29) is 18.3 Å². The minimum atomic E-state index is -5.07. The van der Waals surface area contributed by atoms with E-state index in [1.165, 1.54) is 26.0 Å². The predicted molar refractivity (Wildman–Crippen MR) is 138 cm³/mol. The van der Waals surface area contributed by atoms with Gasteiger partial charge in [0, 0.05) is 5.92 Å². The van der Waals surface area contributed by atoms with Crippen LogP contribution in [0.15, 0.2) is 46.9 Å². The largest absolute Gasteiger partial charge is 0.591 e. The summed E-state index contributed by atoms with van der Waals surface area (Å²) in [4.78, 5) is 13.2. The highest BCUT2D eigenvalue weighted by atomic mass is 32.2. The number of rotatable bonds is 6. The number of amides is 1. The Balaban J connectivity index is 2.10. The second-order valence-electron chi connectivity index (χ2n) is 10.7. The first-order chi connectivity index (χ1) is 18.7. The lowest BCUT2D eigenvalue weighted by molar-refractivity contribution is -0.143. The Kier molecular flexibility index (Phi) is 9.41. The van der Waals surface area contributed by atoms with E-state index in [1.807, 2.05) is 0 Å². The van der Waals surface area contributed by atoms with E-state index in [9.17, 15) is 45.2 Å². The standard InChI is InChI=1S/C27H29F7N2O4S/c1-14(35-41(39)25(3,4)5)23-22(16-6-8-20(28)9-7-16)21(13-36(23)24(37)38)40-15(2)17-10-18(26(29,30)31)12-19(11-17)27(32,33)34/h6-12,15,21-23H,13H2,1-5H3,(H,37,38)/t15-,21+,22-,23+,41?/m1/s1. The number of carbonyl (C=O) groups is 1. The molecule has 14 heteroatoms. The van der Waals surface area contributed by atoms with Crippen molar-refractivity contribution in [3.63, 3.8) is 0 Å². The van der Waals surface area contributed by atoms with Gasteiger partial charge in [0.1, 0.15) is 21.9 Å². The van der Waals surface area contributed by atoms with Crippen molar-refractivity contribution in [2.24, 2.45) is 4.40 Å². The summed E-state index contributed by atoms with van der Waals surface area (Å²) >= 11 is -1.79. The molecule has 1 amide bonds. The van der Waals surface area contributed by atoms with E-state index in [4.69, 9.17) is 4.74 Å². The van der Waals surface area contributed by atoms with Crippen molar-refractivity contribution in [1.82, 2.24) is 4.90 Å². The molecule has 1 N–H and O–H groups in total. The van der Waals surface area contributed by atoms with E-state index >= 15 is 0 Å². The van der Waals surface area contributed by atoms with Crippen molar-refractivity contribution in [3.8, 4) is 0 Å². The smallest absolute Gasteiger partial charge is 0.416 e. The van der Waals surface area contributed by atoms with Crippen LogP contribution < -0.4 is 0 Å². The molecule has 1 unspecified atom stereocenters. The number of alkyl halides is 6.